The number of nitrogens with zero attached hydrogens (tertiary/aromatic N) is 1. The molecule has 1 aliphatic rings. The van der Waals surface area contributed by atoms with Gasteiger partial charge in [-0.15, -0.1) is 11.3 Å². The molecule has 5 rings (SSSR count). The number of benzene rings is 2. The van der Waals surface area contributed by atoms with Crippen molar-refractivity contribution < 1.29 is 24.2 Å². The molecular formula is C23H13BrClNO5S. The van der Waals surface area contributed by atoms with Crippen molar-refractivity contribution in [1.82, 2.24) is 0 Å². The maximum Gasteiger partial charge on any atom is 0.294 e. The van der Waals surface area contributed by atoms with Crippen LogP contribution in [0.1, 0.15) is 21.5 Å². The Labute approximate surface area is 199 Å². The Bertz CT molecular complexity index is 1430. The third-order valence-electron chi connectivity index (χ3n) is 5.16. The minimum absolute atomic E-state index is 0.00817. The Kier molecular flexibility index (Phi) is 5.08. The summed E-state index contributed by atoms with van der Waals surface area (Å²) in [6.07, 6.45) is 0. The second-order valence-electron chi connectivity index (χ2n) is 7.11. The molecule has 0 saturated heterocycles. The number of Topliss-reactive ketones (excluding diaryl/α,β-unsaturated/α-hetero) is 1. The molecule has 160 valence electrons. The number of carbonyl (C=O) groups excluding carboxylic acids is 2. The van der Waals surface area contributed by atoms with Crippen molar-refractivity contribution in [2.75, 3.05) is 4.90 Å². The van der Waals surface area contributed by atoms with Gasteiger partial charge in [-0.25, -0.2) is 0 Å². The topological polar surface area (TPSA) is 91.0 Å². The molecule has 4 aromatic rings. The first-order chi connectivity index (χ1) is 15.3. The summed E-state index contributed by atoms with van der Waals surface area (Å²) in [7, 11) is 0. The first-order valence-electron chi connectivity index (χ1n) is 9.37. The Hall–Kier alpha value is -3.07. The van der Waals surface area contributed by atoms with E-state index in [1.807, 2.05) is 0 Å². The molecule has 1 atom stereocenters. The van der Waals surface area contributed by atoms with Gasteiger partial charge in [0.1, 0.15) is 17.4 Å². The maximum absolute atomic E-state index is 13.5. The summed E-state index contributed by atoms with van der Waals surface area (Å²) in [5.41, 5.74) is 0.455. The molecule has 0 fully saturated rings. The van der Waals surface area contributed by atoms with Gasteiger partial charge in [0.05, 0.1) is 11.3 Å². The highest BCUT2D eigenvalue weighted by Gasteiger charge is 2.46. The average molecular weight is 531 g/mol. The number of rotatable bonds is 4. The number of phenols is 1. The van der Waals surface area contributed by atoms with Crippen LogP contribution in [0.15, 0.2) is 80.2 Å². The van der Waals surface area contributed by atoms with Crippen molar-refractivity contribution in [1.29, 1.82) is 0 Å². The van der Waals surface area contributed by atoms with E-state index in [0.717, 1.165) is 4.47 Å². The fraction of sp³-hybridized carbons (Fsp3) is 0.0435. The Balaban J connectivity index is 1.66. The summed E-state index contributed by atoms with van der Waals surface area (Å²) in [5.74, 6) is -2.35. The highest BCUT2D eigenvalue weighted by Crippen LogP contribution is 2.46. The summed E-state index contributed by atoms with van der Waals surface area (Å²) in [6, 6.07) is 13.7. The highest BCUT2D eigenvalue weighted by atomic mass is 79.9. The standard InChI is InChI=1S/C23H13BrClNO5S/c24-12-3-6-16-11(8-12)9-17(31-16)21(28)19-20(18-2-1-7-32-18)26(23(30)22(19)29)14-10-13(25)4-5-15(14)27/h1-10,20,27,29H. The van der Waals surface area contributed by atoms with Crippen LogP contribution in [0.3, 0.4) is 0 Å². The van der Waals surface area contributed by atoms with Gasteiger partial charge in [0, 0.05) is 19.8 Å². The van der Waals surface area contributed by atoms with Crippen LogP contribution in [0.5, 0.6) is 5.75 Å². The summed E-state index contributed by atoms with van der Waals surface area (Å²) >= 11 is 10.8. The number of hydrogen-bond acceptors (Lipinski definition) is 6. The van der Waals surface area contributed by atoms with Crippen molar-refractivity contribution in [2.45, 2.75) is 6.04 Å². The largest absolute Gasteiger partial charge is 0.506 e. The van der Waals surface area contributed by atoms with Crippen LogP contribution < -0.4 is 4.90 Å². The lowest BCUT2D eigenvalue weighted by molar-refractivity contribution is -0.117. The SMILES string of the molecule is O=C(C1=C(O)C(=O)N(c2cc(Cl)ccc2O)C1c1cccs1)c1cc2cc(Br)ccc2o1. The molecule has 0 aliphatic carbocycles. The van der Waals surface area contributed by atoms with E-state index >= 15 is 0 Å². The predicted molar refractivity (Wildman–Crippen MR) is 126 cm³/mol. The van der Waals surface area contributed by atoms with Crippen LogP contribution in [0.25, 0.3) is 11.0 Å². The van der Waals surface area contributed by atoms with Crippen LogP contribution >= 0.6 is 38.9 Å². The van der Waals surface area contributed by atoms with Gasteiger partial charge in [0.2, 0.25) is 5.78 Å². The molecule has 1 amide bonds. The van der Waals surface area contributed by atoms with Crippen LogP contribution in [0, 0.1) is 0 Å². The molecule has 0 radical (unpaired) electrons. The van der Waals surface area contributed by atoms with Crippen LogP contribution in [-0.4, -0.2) is 21.9 Å². The van der Waals surface area contributed by atoms with E-state index in [-0.39, 0.29) is 27.8 Å². The summed E-state index contributed by atoms with van der Waals surface area (Å²) in [4.78, 5) is 28.4. The van der Waals surface area contributed by atoms with Crippen molar-refractivity contribution in [3.63, 3.8) is 0 Å². The Morgan fingerprint density at radius 3 is 2.69 bits per heavy atom. The number of furan rings is 1. The Morgan fingerprint density at radius 2 is 1.94 bits per heavy atom. The molecule has 2 N–H and O–H groups in total. The van der Waals surface area contributed by atoms with E-state index in [4.69, 9.17) is 16.0 Å². The second kappa shape index (κ2) is 7.81. The van der Waals surface area contributed by atoms with Crippen molar-refractivity contribution >= 4 is 67.2 Å². The fourth-order valence-electron chi connectivity index (χ4n) is 3.75. The van der Waals surface area contributed by atoms with Gasteiger partial charge in [-0.05, 0) is 53.9 Å². The number of carbonyl (C=O) groups is 2. The first kappa shape index (κ1) is 20.8. The Morgan fingerprint density at radius 1 is 1.12 bits per heavy atom. The minimum atomic E-state index is -0.959. The number of hydrogen-bond donors (Lipinski definition) is 2. The molecular weight excluding hydrogens is 518 g/mol. The summed E-state index contributed by atoms with van der Waals surface area (Å²) < 4.78 is 6.54. The van der Waals surface area contributed by atoms with Crippen molar-refractivity contribution in [3.05, 3.63) is 91.4 Å². The number of halogens is 2. The van der Waals surface area contributed by atoms with Crippen molar-refractivity contribution in [2.24, 2.45) is 0 Å². The van der Waals surface area contributed by atoms with E-state index in [9.17, 15) is 19.8 Å². The molecule has 1 unspecified atom stereocenters. The lowest BCUT2D eigenvalue weighted by Crippen LogP contribution is -2.30. The molecule has 0 spiro atoms. The smallest absolute Gasteiger partial charge is 0.294 e. The number of aliphatic hydroxyl groups excluding tert-OH is 1. The summed E-state index contributed by atoms with van der Waals surface area (Å²) in [5, 5.41) is 24.0. The van der Waals surface area contributed by atoms with Crippen molar-refractivity contribution in [3.8, 4) is 5.75 Å². The number of anilines is 1. The quantitative estimate of drug-likeness (QED) is 0.298. The zero-order valence-corrected chi connectivity index (χ0v) is 19.2. The third kappa shape index (κ3) is 3.31. The molecule has 2 aromatic heterocycles. The molecule has 3 heterocycles. The number of thiophene rings is 1. The first-order valence-corrected chi connectivity index (χ1v) is 11.4. The van der Waals surface area contributed by atoms with E-state index in [1.54, 1.807) is 41.8 Å². The molecule has 32 heavy (non-hydrogen) atoms. The van der Waals surface area contributed by atoms with Gasteiger partial charge in [-0.1, -0.05) is 33.6 Å². The number of amides is 1. The molecule has 1 aliphatic heterocycles. The van der Waals surface area contributed by atoms with Gasteiger partial charge < -0.3 is 14.6 Å². The fourth-order valence-corrected chi connectivity index (χ4v) is 5.12. The number of phenolic OH excluding ortho intramolecular Hbond substituents is 1. The number of aliphatic hydroxyl groups is 1. The van der Waals surface area contributed by atoms with Crippen LogP contribution in [-0.2, 0) is 4.79 Å². The molecule has 2 aromatic carbocycles. The predicted octanol–water partition coefficient (Wildman–Crippen LogP) is 6.40. The highest BCUT2D eigenvalue weighted by molar-refractivity contribution is 9.10. The van der Waals surface area contributed by atoms with E-state index < -0.39 is 23.5 Å². The van der Waals surface area contributed by atoms with Gasteiger partial charge in [-0.3, -0.25) is 14.5 Å². The molecule has 0 saturated carbocycles. The summed E-state index contributed by atoms with van der Waals surface area (Å²) in [6.45, 7) is 0. The van der Waals surface area contributed by atoms with E-state index in [1.165, 1.54) is 34.4 Å². The maximum atomic E-state index is 13.5. The molecule has 9 heteroatoms. The second-order valence-corrected chi connectivity index (χ2v) is 9.44. The third-order valence-corrected chi connectivity index (χ3v) is 6.82. The molecule has 0 bridgehead atoms. The van der Waals surface area contributed by atoms with Gasteiger partial charge in [0.25, 0.3) is 5.91 Å². The zero-order valence-electron chi connectivity index (χ0n) is 16.1. The van der Waals surface area contributed by atoms with E-state index in [2.05, 4.69) is 15.9 Å². The number of aromatic hydroxyl groups is 1. The number of ketones is 1. The van der Waals surface area contributed by atoms with Gasteiger partial charge in [-0.2, -0.15) is 0 Å². The van der Waals surface area contributed by atoms with Crippen LogP contribution in [0.2, 0.25) is 5.02 Å². The normalized spacial score (nSPS) is 16.4. The van der Waals surface area contributed by atoms with Crippen LogP contribution in [0.4, 0.5) is 5.69 Å². The van der Waals surface area contributed by atoms with Gasteiger partial charge >= 0.3 is 0 Å². The molecule has 6 nitrogen and oxygen atoms in total. The monoisotopic (exact) mass is 529 g/mol. The van der Waals surface area contributed by atoms with Gasteiger partial charge in [0.15, 0.2) is 11.5 Å². The minimum Gasteiger partial charge on any atom is -0.506 e. The lowest BCUT2D eigenvalue weighted by Gasteiger charge is -2.26. The van der Waals surface area contributed by atoms with E-state index in [0.29, 0.717) is 15.8 Å². The zero-order chi connectivity index (χ0) is 22.6. The lowest BCUT2D eigenvalue weighted by atomic mass is 10.00. The number of fused-ring (bicyclic) bond motifs is 1. The average Bonchev–Trinajstić information content (AvgIpc) is 3.48.